The number of hydrogen-bond donors (Lipinski definition) is 2. The zero-order chi connectivity index (χ0) is 14.3. The van der Waals surface area contributed by atoms with Crippen LogP contribution in [0.5, 0.6) is 0 Å². The molecule has 1 aromatic rings. The molecule has 0 aliphatic heterocycles. The van der Waals surface area contributed by atoms with Gasteiger partial charge in [0.2, 0.25) is 0 Å². The molecule has 0 saturated carbocycles. The number of aromatic nitrogens is 2. The third-order valence-electron chi connectivity index (χ3n) is 3.16. The molecule has 0 amide bonds. The summed E-state index contributed by atoms with van der Waals surface area (Å²) in [5.74, 6) is 3.47. The predicted molar refractivity (Wildman–Crippen MR) is 82.7 cm³/mol. The van der Waals surface area contributed by atoms with Gasteiger partial charge in [0.1, 0.15) is 17.5 Å². The van der Waals surface area contributed by atoms with Crippen molar-refractivity contribution in [3.63, 3.8) is 0 Å². The molecule has 1 atom stereocenters. The van der Waals surface area contributed by atoms with Crippen molar-refractivity contribution < 1.29 is 0 Å². The smallest absolute Gasteiger partial charge is 0.132 e. The molecule has 19 heavy (non-hydrogen) atoms. The first-order chi connectivity index (χ1) is 9.05. The maximum Gasteiger partial charge on any atom is 0.132 e. The van der Waals surface area contributed by atoms with Gasteiger partial charge in [0, 0.05) is 25.6 Å². The summed E-state index contributed by atoms with van der Waals surface area (Å²) in [6.07, 6.45) is 4.58. The molecule has 1 rings (SSSR count). The predicted octanol–water partition coefficient (Wildman–Crippen LogP) is 3.71. The standard InChI is InChI=1S/C15H28N4/c1-6-13-18-14(16-5)10-15(19-13)17-12(4)9-7-8-11(2)3/h10-12H,6-9H2,1-5H3,(H2,16,17,18,19). The van der Waals surface area contributed by atoms with Gasteiger partial charge in [-0.05, 0) is 19.3 Å². The molecule has 0 aromatic carbocycles. The van der Waals surface area contributed by atoms with E-state index < -0.39 is 0 Å². The lowest BCUT2D eigenvalue weighted by molar-refractivity contribution is 0.520. The first kappa shape index (κ1) is 15.7. The summed E-state index contributed by atoms with van der Waals surface area (Å²) in [4.78, 5) is 8.92. The zero-order valence-electron chi connectivity index (χ0n) is 13.0. The van der Waals surface area contributed by atoms with Crippen LogP contribution in [0.4, 0.5) is 11.6 Å². The van der Waals surface area contributed by atoms with Crippen molar-refractivity contribution >= 4 is 11.6 Å². The molecule has 1 aromatic heterocycles. The van der Waals surface area contributed by atoms with Crippen molar-refractivity contribution in [3.8, 4) is 0 Å². The molecular weight excluding hydrogens is 236 g/mol. The second-order valence-electron chi connectivity index (χ2n) is 5.53. The summed E-state index contributed by atoms with van der Waals surface area (Å²) in [6, 6.07) is 2.42. The lowest BCUT2D eigenvalue weighted by atomic mass is 10.0. The van der Waals surface area contributed by atoms with Crippen LogP contribution in [0.2, 0.25) is 0 Å². The van der Waals surface area contributed by atoms with Crippen LogP contribution in [0.15, 0.2) is 6.07 Å². The third-order valence-corrected chi connectivity index (χ3v) is 3.16. The van der Waals surface area contributed by atoms with E-state index in [1.807, 2.05) is 13.1 Å². The molecule has 0 spiro atoms. The van der Waals surface area contributed by atoms with Crippen molar-refractivity contribution in [2.24, 2.45) is 5.92 Å². The van der Waals surface area contributed by atoms with Gasteiger partial charge in [0.05, 0.1) is 0 Å². The van der Waals surface area contributed by atoms with Crippen LogP contribution in [-0.2, 0) is 6.42 Å². The van der Waals surface area contributed by atoms with E-state index in [0.29, 0.717) is 6.04 Å². The molecule has 1 heterocycles. The molecule has 4 heteroatoms. The second kappa shape index (κ2) is 7.97. The Hall–Kier alpha value is -1.32. The maximum atomic E-state index is 4.52. The van der Waals surface area contributed by atoms with E-state index in [0.717, 1.165) is 29.8 Å². The largest absolute Gasteiger partial charge is 0.373 e. The van der Waals surface area contributed by atoms with Gasteiger partial charge < -0.3 is 10.6 Å². The van der Waals surface area contributed by atoms with Crippen LogP contribution in [0.3, 0.4) is 0 Å². The van der Waals surface area contributed by atoms with Crippen LogP contribution in [0.25, 0.3) is 0 Å². The number of aryl methyl sites for hydroxylation is 1. The highest BCUT2D eigenvalue weighted by Crippen LogP contribution is 2.15. The minimum absolute atomic E-state index is 0.447. The van der Waals surface area contributed by atoms with Crippen molar-refractivity contribution in [1.29, 1.82) is 0 Å². The number of nitrogens with one attached hydrogen (secondary N) is 2. The first-order valence-corrected chi connectivity index (χ1v) is 7.37. The quantitative estimate of drug-likeness (QED) is 0.751. The van der Waals surface area contributed by atoms with Gasteiger partial charge in [0.25, 0.3) is 0 Å². The minimum Gasteiger partial charge on any atom is -0.373 e. The van der Waals surface area contributed by atoms with Crippen molar-refractivity contribution in [1.82, 2.24) is 9.97 Å². The number of nitrogens with zero attached hydrogens (tertiary/aromatic N) is 2. The Bertz CT molecular complexity index is 354. The SMILES string of the molecule is CCc1nc(NC)cc(NC(C)CCCC(C)C)n1. The van der Waals surface area contributed by atoms with E-state index in [9.17, 15) is 0 Å². The van der Waals surface area contributed by atoms with Gasteiger partial charge in [-0.15, -0.1) is 0 Å². The molecule has 108 valence electrons. The lowest BCUT2D eigenvalue weighted by Gasteiger charge is -2.16. The van der Waals surface area contributed by atoms with Crippen LogP contribution < -0.4 is 10.6 Å². The fourth-order valence-electron chi connectivity index (χ4n) is 2.01. The summed E-state index contributed by atoms with van der Waals surface area (Å²) < 4.78 is 0. The normalized spacial score (nSPS) is 12.5. The van der Waals surface area contributed by atoms with Gasteiger partial charge in [-0.25, -0.2) is 9.97 Å². The molecule has 0 bridgehead atoms. The van der Waals surface area contributed by atoms with E-state index in [1.54, 1.807) is 0 Å². The van der Waals surface area contributed by atoms with Crippen molar-refractivity contribution in [2.75, 3.05) is 17.7 Å². The Morgan fingerprint density at radius 1 is 1.11 bits per heavy atom. The topological polar surface area (TPSA) is 49.8 Å². The van der Waals surface area contributed by atoms with Crippen LogP contribution in [-0.4, -0.2) is 23.1 Å². The Morgan fingerprint density at radius 3 is 2.37 bits per heavy atom. The molecule has 0 saturated heterocycles. The summed E-state index contributed by atoms with van der Waals surface area (Å²) >= 11 is 0. The van der Waals surface area contributed by atoms with Crippen LogP contribution >= 0.6 is 0 Å². The van der Waals surface area contributed by atoms with Gasteiger partial charge >= 0.3 is 0 Å². The van der Waals surface area contributed by atoms with Crippen molar-refractivity contribution in [2.45, 2.75) is 59.4 Å². The minimum atomic E-state index is 0.447. The average Bonchev–Trinajstić information content (AvgIpc) is 2.37. The van der Waals surface area contributed by atoms with E-state index >= 15 is 0 Å². The summed E-state index contributed by atoms with van der Waals surface area (Å²) in [7, 11) is 1.89. The van der Waals surface area contributed by atoms with Gasteiger partial charge in [-0.3, -0.25) is 0 Å². The molecule has 4 nitrogen and oxygen atoms in total. The molecule has 0 fully saturated rings. The maximum absolute atomic E-state index is 4.52. The summed E-state index contributed by atoms with van der Waals surface area (Å²) in [5, 5.41) is 6.56. The average molecular weight is 264 g/mol. The zero-order valence-corrected chi connectivity index (χ0v) is 13.0. The van der Waals surface area contributed by atoms with Crippen LogP contribution in [0.1, 0.15) is 52.8 Å². The van der Waals surface area contributed by atoms with Gasteiger partial charge in [-0.1, -0.05) is 33.6 Å². The Kier molecular flexibility index (Phi) is 6.60. The van der Waals surface area contributed by atoms with Gasteiger partial charge in [-0.2, -0.15) is 0 Å². The number of anilines is 2. The lowest BCUT2D eigenvalue weighted by Crippen LogP contribution is -2.17. The highest BCUT2D eigenvalue weighted by Gasteiger charge is 2.07. The van der Waals surface area contributed by atoms with Crippen LogP contribution in [0, 0.1) is 5.92 Å². The summed E-state index contributed by atoms with van der Waals surface area (Å²) in [6.45, 7) is 8.84. The molecule has 0 aliphatic carbocycles. The molecule has 0 aliphatic rings. The number of rotatable bonds is 8. The van der Waals surface area contributed by atoms with Crippen molar-refractivity contribution in [3.05, 3.63) is 11.9 Å². The highest BCUT2D eigenvalue weighted by molar-refractivity contribution is 5.47. The fraction of sp³-hybridized carbons (Fsp3) is 0.733. The van der Waals surface area contributed by atoms with E-state index in [1.165, 1.54) is 19.3 Å². The molecule has 1 unspecified atom stereocenters. The van der Waals surface area contributed by atoms with Gasteiger partial charge in [0.15, 0.2) is 0 Å². The molecule has 0 radical (unpaired) electrons. The first-order valence-electron chi connectivity index (χ1n) is 7.37. The van der Waals surface area contributed by atoms with E-state index in [4.69, 9.17) is 0 Å². The Balaban J connectivity index is 2.55. The molecule has 2 N–H and O–H groups in total. The second-order valence-corrected chi connectivity index (χ2v) is 5.53. The monoisotopic (exact) mass is 264 g/mol. The Morgan fingerprint density at radius 2 is 1.79 bits per heavy atom. The highest BCUT2D eigenvalue weighted by atomic mass is 15.1. The Labute approximate surface area is 117 Å². The third kappa shape index (κ3) is 5.90. The number of hydrogen-bond acceptors (Lipinski definition) is 4. The fourth-order valence-corrected chi connectivity index (χ4v) is 2.01. The van der Waals surface area contributed by atoms with E-state index in [-0.39, 0.29) is 0 Å². The van der Waals surface area contributed by atoms with E-state index in [2.05, 4.69) is 48.3 Å². The molecular formula is C15H28N4. The summed E-state index contributed by atoms with van der Waals surface area (Å²) in [5.41, 5.74) is 0.